The van der Waals surface area contributed by atoms with Crippen molar-refractivity contribution in [2.75, 3.05) is 7.11 Å². The molecule has 0 fully saturated rings. The van der Waals surface area contributed by atoms with Gasteiger partial charge in [0.1, 0.15) is 11.5 Å². The Morgan fingerprint density at radius 2 is 1.95 bits per heavy atom. The smallest absolute Gasteiger partial charge is 0.240 e. The molecule has 22 heavy (non-hydrogen) atoms. The van der Waals surface area contributed by atoms with Crippen LogP contribution in [0.2, 0.25) is 0 Å². The highest BCUT2D eigenvalue weighted by Gasteiger charge is 2.02. The predicted octanol–water partition coefficient (Wildman–Crippen LogP) is 2.48. The third kappa shape index (κ3) is 4.63. The van der Waals surface area contributed by atoms with E-state index in [-0.39, 0.29) is 11.7 Å². The summed E-state index contributed by atoms with van der Waals surface area (Å²) in [6.45, 7) is 0. The van der Waals surface area contributed by atoms with Gasteiger partial charge in [-0.05, 0) is 36.2 Å². The molecule has 0 unspecified atom stereocenters. The summed E-state index contributed by atoms with van der Waals surface area (Å²) in [6.07, 6.45) is 2.38. The highest BCUT2D eigenvalue weighted by Crippen LogP contribution is 2.13. The van der Waals surface area contributed by atoms with Crippen LogP contribution in [0.1, 0.15) is 17.5 Å². The molecule has 0 aliphatic heterocycles. The Balaban J connectivity index is 1.79. The van der Waals surface area contributed by atoms with E-state index >= 15 is 0 Å². The number of benzene rings is 2. The van der Waals surface area contributed by atoms with Gasteiger partial charge in [-0.25, -0.2) is 5.43 Å². The van der Waals surface area contributed by atoms with E-state index in [0.717, 1.165) is 11.3 Å². The average Bonchev–Trinajstić information content (AvgIpc) is 2.55. The molecule has 2 N–H and O–H groups in total. The van der Waals surface area contributed by atoms with E-state index in [1.807, 2.05) is 24.3 Å². The molecular weight excluding hydrogens is 280 g/mol. The van der Waals surface area contributed by atoms with E-state index in [9.17, 15) is 9.90 Å². The number of methoxy groups -OCH3 is 1. The number of ether oxygens (including phenoxy) is 1. The molecular formula is C17H18N2O3. The van der Waals surface area contributed by atoms with Gasteiger partial charge in [0.2, 0.25) is 5.91 Å². The van der Waals surface area contributed by atoms with Gasteiger partial charge < -0.3 is 9.84 Å². The number of hydrogen-bond donors (Lipinski definition) is 2. The molecule has 0 atom stereocenters. The number of hydrazone groups is 1. The summed E-state index contributed by atoms with van der Waals surface area (Å²) in [4.78, 5) is 11.7. The molecule has 2 aromatic rings. The Kier molecular flexibility index (Phi) is 5.54. The lowest BCUT2D eigenvalue weighted by Gasteiger charge is -2.03. The number of phenols is 1. The van der Waals surface area contributed by atoms with Crippen molar-refractivity contribution in [1.29, 1.82) is 0 Å². The van der Waals surface area contributed by atoms with Crippen LogP contribution in [-0.4, -0.2) is 24.3 Å². The average molecular weight is 298 g/mol. The molecule has 0 saturated heterocycles. The van der Waals surface area contributed by atoms with Gasteiger partial charge in [-0.1, -0.05) is 24.3 Å². The summed E-state index contributed by atoms with van der Waals surface area (Å²) in [7, 11) is 1.62. The van der Waals surface area contributed by atoms with Crippen molar-refractivity contribution >= 4 is 12.1 Å². The topological polar surface area (TPSA) is 70.9 Å². The summed E-state index contributed by atoms with van der Waals surface area (Å²) in [6, 6.07) is 14.4. The van der Waals surface area contributed by atoms with E-state index in [1.54, 1.807) is 31.4 Å². The molecule has 0 saturated carbocycles. The zero-order chi connectivity index (χ0) is 15.8. The maximum absolute atomic E-state index is 11.7. The molecule has 0 heterocycles. The minimum absolute atomic E-state index is 0.124. The van der Waals surface area contributed by atoms with Crippen LogP contribution in [0.4, 0.5) is 0 Å². The highest BCUT2D eigenvalue weighted by molar-refractivity contribution is 5.85. The standard InChI is InChI=1S/C17H18N2O3/c1-22-15-9-6-13(7-10-15)8-11-17(21)19-18-12-14-4-2-3-5-16(14)20/h2-7,9-10,12,20H,8,11H2,1H3,(H,19,21). The Labute approximate surface area is 129 Å². The number of rotatable bonds is 6. The second-order valence-corrected chi connectivity index (χ2v) is 4.70. The summed E-state index contributed by atoms with van der Waals surface area (Å²) < 4.78 is 5.08. The van der Waals surface area contributed by atoms with Crippen molar-refractivity contribution < 1.29 is 14.6 Å². The van der Waals surface area contributed by atoms with Crippen molar-refractivity contribution in [1.82, 2.24) is 5.43 Å². The van der Waals surface area contributed by atoms with Crippen LogP contribution in [-0.2, 0) is 11.2 Å². The van der Waals surface area contributed by atoms with E-state index in [1.165, 1.54) is 6.21 Å². The minimum atomic E-state index is -0.178. The maximum Gasteiger partial charge on any atom is 0.240 e. The van der Waals surface area contributed by atoms with Crippen LogP contribution in [0.25, 0.3) is 0 Å². The molecule has 5 heteroatoms. The summed E-state index contributed by atoms with van der Waals surface area (Å²) in [5.74, 6) is 0.738. The second-order valence-electron chi connectivity index (χ2n) is 4.70. The number of amides is 1. The van der Waals surface area contributed by atoms with Crippen molar-refractivity contribution in [3.8, 4) is 11.5 Å². The molecule has 0 aliphatic rings. The zero-order valence-electron chi connectivity index (χ0n) is 12.3. The second kappa shape index (κ2) is 7.83. The van der Waals surface area contributed by atoms with Crippen LogP contribution in [0.15, 0.2) is 53.6 Å². The van der Waals surface area contributed by atoms with Gasteiger partial charge in [0.15, 0.2) is 0 Å². The number of para-hydroxylation sites is 1. The fourth-order valence-electron chi connectivity index (χ4n) is 1.88. The number of nitrogens with one attached hydrogen (secondary N) is 1. The van der Waals surface area contributed by atoms with Crippen molar-refractivity contribution in [2.24, 2.45) is 5.10 Å². The monoisotopic (exact) mass is 298 g/mol. The zero-order valence-corrected chi connectivity index (χ0v) is 12.3. The Morgan fingerprint density at radius 3 is 2.64 bits per heavy atom. The summed E-state index contributed by atoms with van der Waals surface area (Å²) in [5.41, 5.74) is 4.06. The van der Waals surface area contributed by atoms with E-state index in [0.29, 0.717) is 18.4 Å². The molecule has 0 radical (unpaired) electrons. The van der Waals surface area contributed by atoms with Crippen LogP contribution >= 0.6 is 0 Å². The lowest BCUT2D eigenvalue weighted by atomic mass is 10.1. The van der Waals surface area contributed by atoms with Gasteiger partial charge in [0.25, 0.3) is 0 Å². The third-order valence-corrected chi connectivity index (χ3v) is 3.13. The first-order valence-corrected chi connectivity index (χ1v) is 6.92. The first-order valence-electron chi connectivity index (χ1n) is 6.92. The molecule has 114 valence electrons. The number of carbonyl (C=O) groups is 1. The molecule has 5 nitrogen and oxygen atoms in total. The van der Waals surface area contributed by atoms with Gasteiger partial charge in [0, 0.05) is 12.0 Å². The highest BCUT2D eigenvalue weighted by atomic mass is 16.5. The third-order valence-electron chi connectivity index (χ3n) is 3.13. The van der Waals surface area contributed by atoms with E-state index < -0.39 is 0 Å². The van der Waals surface area contributed by atoms with Gasteiger partial charge in [0.05, 0.1) is 13.3 Å². The van der Waals surface area contributed by atoms with Crippen molar-refractivity contribution in [2.45, 2.75) is 12.8 Å². The van der Waals surface area contributed by atoms with Gasteiger partial charge in [-0.15, -0.1) is 0 Å². The SMILES string of the molecule is COc1ccc(CCC(=O)NN=Cc2ccccc2O)cc1. The van der Waals surface area contributed by atoms with Crippen LogP contribution < -0.4 is 10.2 Å². The predicted molar refractivity (Wildman–Crippen MR) is 85.2 cm³/mol. The van der Waals surface area contributed by atoms with Crippen LogP contribution in [0.5, 0.6) is 11.5 Å². The summed E-state index contributed by atoms with van der Waals surface area (Å²) in [5, 5.41) is 13.4. The van der Waals surface area contributed by atoms with E-state index in [2.05, 4.69) is 10.5 Å². The van der Waals surface area contributed by atoms with Crippen molar-refractivity contribution in [3.63, 3.8) is 0 Å². The number of phenolic OH excluding ortho intramolecular Hbond substituents is 1. The fourth-order valence-corrected chi connectivity index (χ4v) is 1.88. The number of nitrogens with zero attached hydrogens (tertiary/aromatic N) is 1. The lowest BCUT2D eigenvalue weighted by molar-refractivity contribution is -0.121. The number of hydrogen-bond acceptors (Lipinski definition) is 4. The molecule has 0 aromatic heterocycles. The largest absolute Gasteiger partial charge is 0.507 e. The number of aromatic hydroxyl groups is 1. The number of aryl methyl sites for hydroxylation is 1. The fraction of sp³-hybridized carbons (Fsp3) is 0.176. The molecule has 2 rings (SSSR count). The quantitative estimate of drug-likeness (QED) is 0.636. The Morgan fingerprint density at radius 1 is 1.23 bits per heavy atom. The maximum atomic E-state index is 11.7. The molecule has 0 spiro atoms. The normalized spacial score (nSPS) is 10.6. The Hall–Kier alpha value is -2.82. The van der Waals surface area contributed by atoms with Crippen molar-refractivity contribution in [3.05, 3.63) is 59.7 Å². The minimum Gasteiger partial charge on any atom is -0.507 e. The first kappa shape index (κ1) is 15.6. The summed E-state index contributed by atoms with van der Waals surface area (Å²) >= 11 is 0. The molecule has 2 aromatic carbocycles. The first-order chi connectivity index (χ1) is 10.7. The van der Waals surface area contributed by atoms with Crippen LogP contribution in [0, 0.1) is 0 Å². The lowest BCUT2D eigenvalue weighted by Crippen LogP contribution is -2.17. The van der Waals surface area contributed by atoms with Gasteiger partial charge >= 0.3 is 0 Å². The van der Waals surface area contributed by atoms with Crippen LogP contribution in [0.3, 0.4) is 0 Å². The van der Waals surface area contributed by atoms with Gasteiger partial charge in [-0.3, -0.25) is 4.79 Å². The Bertz CT molecular complexity index is 651. The molecule has 0 bridgehead atoms. The number of carbonyl (C=O) groups excluding carboxylic acids is 1. The molecule has 0 aliphatic carbocycles. The van der Waals surface area contributed by atoms with Gasteiger partial charge in [-0.2, -0.15) is 5.10 Å². The van der Waals surface area contributed by atoms with E-state index in [4.69, 9.17) is 4.74 Å². The molecule has 1 amide bonds.